The Bertz CT molecular complexity index is 818. The zero-order chi connectivity index (χ0) is 19.2. The third kappa shape index (κ3) is 4.94. The second-order valence-corrected chi connectivity index (χ2v) is 6.67. The standard InChI is InChI=1S/C21H22N2O4/c24-19(11-6-15-4-2-1-3-5-15)23-13-12-18(14-23)22-20(25)16-7-9-17(10-8-16)21(26)27/h1-5,7-10,18H,6,11-14H2,(H,22,25)(H,26,27). The van der Waals surface area contributed by atoms with Crippen LogP contribution in [0.4, 0.5) is 0 Å². The minimum Gasteiger partial charge on any atom is -0.478 e. The van der Waals surface area contributed by atoms with Crippen LogP contribution in [0.5, 0.6) is 0 Å². The van der Waals surface area contributed by atoms with Crippen molar-refractivity contribution >= 4 is 17.8 Å². The second-order valence-electron chi connectivity index (χ2n) is 6.67. The van der Waals surface area contributed by atoms with Gasteiger partial charge in [-0.05, 0) is 42.7 Å². The molecule has 6 heteroatoms. The van der Waals surface area contributed by atoms with Gasteiger partial charge in [0.2, 0.25) is 5.91 Å². The van der Waals surface area contributed by atoms with Crippen LogP contribution in [-0.2, 0) is 11.2 Å². The lowest BCUT2D eigenvalue weighted by Crippen LogP contribution is -2.38. The fourth-order valence-electron chi connectivity index (χ4n) is 3.19. The van der Waals surface area contributed by atoms with Crippen LogP contribution in [0.3, 0.4) is 0 Å². The molecule has 1 saturated heterocycles. The number of nitrogens with one attached hydrogen (secondary N) is 1. The molecular weight excluding hydrogens is 344 g/mol. The maximum atomic E-state index is 12.4. The van der Waals surface area contributed by atoms with E-state index in [-0.39, 0.29) is 23.4 Å². The molecule has 140 valence electrons. The third-order valence-corrected chi connectivity index (χ3v) is 4.74. The van der Waals surface area contributed by atoms with E-state index >= 15 is 0 Å². The second kappa shape index (κ2) is 8.49. The van der Waals surface area contributed by atoms with E-state index in [1.807, 2.05) is 30.3 Å². The Morgan fingerprint density at radius 1 is 1.00 bits per heavy atom. The number of benzene rings is 2. The van der Waals surface area contributed by atoms with Crippen molar-refractivity contribution in [3.8, 4) is 0 Å². The maximum Gasteiger partial charge on any atom is 0.335 e. The van der Waals surface area contributed by atoms with Gasteiger partial charge in [0, 0.05) is 31.1 Å². The van der Waals surface area contributed by atoms with Crippen molar-refractivity contribution in [2.24, 2.45) is 0 Å². The van der Waals surface area contributed by atoms with E-state index in [4.69, 9.17) is 5.11 Å². The largest absolute Gasteiger partial charge is 0.478 e. The summed E-state index contributed by atoms with van der Waals surface area (Å²) in [4.78, 5) is 37.3. The highest BCUT2D eigenvalue weighted by atomic mass is 16.4. The number of hydrogen-bond acceptors (Lipinski definition) is 3. The van der Waals surface area contributed by atoms with Gasteiger partial charge in [-0.3, -0.25) is 9.59 Å². The molecule has 0 saturated carbocycles. The highest BCUT2D eigenvalue weighted by Crippen LogP contribution is 2.13. The fraction of sp³-hybridized carbons (Fsp3) is 0.286. The van der Waals surface area contributed by atoms with Gasteiger partial charge in [-0.25, -0.2) is 4.79 Å². The molecule has 2 amide bonds. The van der Waals surface area contributed by atoms with Gasteiger partial charge in [-0.2, -0.15) is 0 Å². The molecular formula is C21H22N2O4. The van der Waals surface area contributed by atoms with Crippen LogP contribution >= 0.6 is 0 Å². The lowest BCUT2D eigenvalue weighted by molar-refractivity contribution is -0.130. The smallest absolute Gasteiger partial charge is 0.335 e. The Hall–Kier alpha value is -3.15. The van der Waals surface area contributed by atoms with E-state index in [1.54, 1.807) is 4.90 Å². The number of aromatic carboxylic acids is 1. The normalized spacial score (nSPS) is 16.1. The Labute approximate surface area is 157 Å². The summed E-state index contributed by atoms with van der Waals surface area (Å²) in [7, 11) is 0. The number of carbonyl (C=O) groups excluding carboxylic acids is 2. The minimum absolute atomic E-state index is 0.0858. The molecule has 0 bridgehead atoms. The monoisotopic (exact) mass is 366 g/mol. The quantitative estimate of drug-likeness (QED) is 0.822. The first-order chi connectivity index (χ1) is 13.0. The predicted molar refractivity (Wildman–Crippen MR) is 101 cm³/mol. The average Bonchev–Trinajstić information content (AvgIpc) is 3.15. The van der Waals surface area contributed by atoms with Gasteiger partial charge in [0.1, 0.15) is 0 Å². The van der Waals surface area contributed by atoms with Crippen molar-refractivity contribution in [2.45, 2.75) is 25.3 Å². The van der Waals surface area contributed by atoms with Gasteiger partial charge in [0.25, 0.3) is 5.91 Å². The number of hydrogen-bond donors (Lipinski definition) is 2. The summed E-state index contributed by atoms with van der Waals surface area (Å²) in [5.41, 5.74) is 1.69. The molecule has 1 aliphatic rings. The molecule has 1 aliphatic heterocycles. The van der Waals surface area contributed by atoms with Crippen molar-refractivity contribution in [3.05, 3.63) is 71.3 Å². The van der Waals surface area contributed by atoms with Crippen LogP contribution in [0.2, 0.25) is 0 Å². The zero-order valence-corrected chi connectivity index (χ0v) is 14.9. The van der Waals surface area contributed by atoms with E-state index in [9.17, 15) is 14.4 Å². The minimum atomic E-state index is -1.03. The first kappa shape index (κ1) is 18.6. The molecule has 0 aliphatic carbocycles. The SMILES string of the molecule is O=C(O)c1ccc(C(=O)NC2CCN(C(=O)CCc3ccccc3)C2)cc1. The lowest BCUT2D eigenvalue weighted by atomic mass is 10.1. The molecule has 6 nitrogen and oxygen atoms in total. The molecule has 1 atom stereocenters. The molecule has 1 heterocycles. The average molecular weight is 366 g/mol. The van der Waals surface area contributed by atoms with E-state index in [0.717, 1.165) is 12.0 Å². The molecule has 0 aromatic heterocycles. The van der Waals surface area contributed by atoms with Crippen LogP contribution < -0.4 is 5.32 Å². The summed E-state index contributed by atoms with van der Waals surface area (Å²) in [5, 5.41) is 11.8. The van der Waals surface area contributed by atoms with Gasteiger partial charge in [0.05, 0.1) is 5.56 Å². The summed E-state index contributed by atoms with van der Waals surface area (Å²) in [5.74, 6) is -1.18. The number of carboxylic acids is 1. The number of carbonyl (C=O) groups is 3. The van der Waals surface area contributed by atoms with Crippen molar-refractivity contribution in [3.63, 3.8) is 0 Å². The lowest BCUT2D eigenvalue weighted by Gasteiger charge is -2.17. The van der Waals surface area contributed by atoms with Gasteiger partial charge >= 0.3 is 5.97 Å². The molecule has 2 N–H and O–H groups in total. The molecule has 1 unspecified atom stereocenters. The van der Waals surface area contributed by atoms with Crippen molar-refractivity contribution < 1.29 is 19.5 Å². The predicted octanol–water partition coefficient (Wildman–Crippen LogP) is 2.35. The third-order valence-electron chi connectivity index (χ3n) is 4.74. The number of nitrogens with zero attached hydrogens (tertiary/aromatic N) is 1. The molecule has 2 aromatic rings. The number of likely N-dealkylation sites (tertiary alicyclic amines) is 1. The number of amides is 2. The molecule has 2 aromatic carbocycles. The van der Waals surface area contributed by atoms with Gasteiger partial charge in [-0.1, -0.05) is 30.3 Å². The number of rotatable bonds is 6. The van der Waals surface area contributed by atoms with Gasteiger partial charge < -0.3 is 15.3 Å². The molecule has 3 rings (SSSR count). The first-order valence-corrected chi connectivity index (χ1v) is 8.99. The maximum absolute atomic E-state index is 12.4. The fourth-order valence-corrected chi connectivity index (χ4v) is 3.19. The Kier molecular flexibility index (Phi) is 5.86. The molecule has 0 radical (unpaired) electrons. The Morgan fingerprint density at radius 3 is 2.33 bits per heavy atom. The zero-order valence-electron chi connectivity index (χ0n) is 14.9. The van der Waals surface area contributed by atoms with Crippen LogP contribution in [0.15, 0.2) is 54.6 Å². The van der Waals surface area contributed by atoms with Crippen LogP contribution in [0.25, 0.3) is 0 Å². The summed E-state index contributed by atoms with van der Waals surface area (Å²) in [6.45, 7) is 1.14. The molecule has 1 fully saturated rings. The van der Waals surface area contributed by atoms with E-state index < -0.39 is 5.97 Å². The highest BCUT2D eigenvalue weighted by Gasteiger charge is 2.27. The topological polar surface area (TPSA) is 86.7 Å². The summed E-state index contributed by atoms with van der Waals surface area (Å²) >= 11 is 0. The molecule has 27 heavy (non-hydrogen) atoms. The van der Waals surface area contributed by atoms with Crippen molar-refractivity contribution in [1.29, 1.82) is 0 Å². The van der Waals surface area contributed by atoms with Gasteiger partial charge in [-0.15, -0.1) is 0 Å². The Morgan fingerprint density at radius 2 is 1.67 bits per heavy atom. The molecule has 0 spiro atoms. The number of aryl methyl sites for hydroxylation is 1. The summed E-state index contributed by atoms with van der Waals surface area (Å²) in [6.07, 6.45) is 1.89. The van der Waals surface area contributed by atoms with Crippen LogP contribution in [0.1, 0.15) is 39.1 Å². The van der Waals surface area contributed by atoms with E-state index in [2.05, 4.69) is 5.32 Å². The van der Waals surface area contributed by atoms with E-state index in [1.165, 1.54) is 24.3 Å². The highest BCUT2D eigenvalue weighted by molar-refractivity contribution is 5.96. The van der Waals surface area contributed by atoms with Crippen molar-refractivity contribution in [1.82, 2.24) is 10.2 Å². The summed E-state index contributed by atoms with van der Waals surface area (Å²) < 4.78 is 0. The van der Waals surface area contributed by atoms with E-state index in [0.29, 0.717) is 31.5 Å². The van der Waals surface area contributed by atoms with Crippen LogP contribution in [-0.4, -0.2) is 46.9 Å². The summed E-state index contributed by atoms with van der Waals surface area (Å²) in [6, 6.07) is 15.6. The van der Waals surface area contributed by atoms with Crippen molar-refractivity contribution in [2.75, 3.05) is 13.1 Å². The van der Waals surface area contributed by atoms with Crippen LogP contribution in [0, 0.1) is 0 Å². The number of carboxylic acid groups (broad SMARTS) is 1. The first-order valence-electron chi connectivity index (χ1n) is 8.99. The van der Waals surface area contributed by atoms with Gasteiger partial charge in [0.15, 0.2) is 0 Å². The Balaban J connectivity index is 1.48.